The number of nitrogens with one attached hydrogen (secondary N) is 1. The van der Waals surface area contributed by atoms with Crippen molar-refractivity contribution in [3.63, 3.8) is 0 Å². The third-order valence-corrected chi connectivity index (χ3v) is 4.79. The molecular weight excluding hydrogens is 314 g/mol. The molecule has 0 aliphatic rings. The van der Waals surface area contributed by atoms with Gasteiger partial charge in [0.25, 0.3) is 0 Å². The fourth-order valence-corrected chi connectivity index (χ4v) is 3.12. The summed E-state index contributed by atoms with van der Waals surface area (Å²) in [6.07, 6.45) is 0.611. The van der Waals surface area contributed by atoms with Crippen LogP contribution in [0.5, 0.6) is 11.5 Å². The van der Waals surface area contributed by atoms with Gasteiger partial charge in [-0.05, 0) is 55.3 Å². The Bertz CT molecular complexity index is 709. The third-order valence-electron chi connectivity index (χ3n) is 3.31. The molecule has 0 amide bonds. The van der Waals surface area contributed by atoms with Crippen LogP contribution in [0.3, 0.4) is 0 Å². The maximum atomic E-state index is 12.2. The Morgan fingerprint density at radius 3 is 2.13 bits per heavy atom. The van der Waals surface area contributed by atoms with Crippen LogP contribution in [0.25, 0.3) is 0 Å². The van der Waals surface area contributed by atoms with Gasteiger partial charge in [0.1, 0.15) is 11.5 Å². The van der Waals surface area contributed by atoms with Crippen molar-refractivity contribution < 1.29 is 17.9 Å². The summed E-state index contributed by atoms with van der Waals surface area (Å²) < 4.78 is 37.4. The number of hydrogen-bond donors (Lipinski definition) is 1. The van der Waals surface area contributed by atoms with E-state index in [0.29, 0.717) is 25.3 Å². The van der Waals surface area contributed by atoms with Crippen LogP contribution in [0, 0.1) is 0 Å². The highest BCUT2D eigenvalue weighted by molar-refractivity contribution is 7.89. The Kier molecular flexibility index (Phi) is 6.01. The number of hydrogen-bond acceptors (Lipinski definition) is 4. The molecule has 0 saturated carbocycles. The average Bonchev–Trinajstić information content (AvgIpc) is 2.56. The van der Waals surface area contributed by atoms with E-state index in [9.17, 15) is 8.42 Å². The zero-order valence-corrected chi connectivity index (χ0v) is 14.1. The first-order valence-corrected chi connectivity index (χ1v) is 8.89. The van der Waals surface area contributed by atoms with E-state index in [-0.39, 0.29) is 4.90 Å². The quantitative estimate of drug-likeness (QED) is 0.805. The second-order valence-electron chi connectivity index (χ2n) is 4.90. The summed E-state index contributed by atoms with van der Waals surface area (Å²) in [5.41, 5.74) is 1.04. The largest absolute Gasteiger partial charge is 0.497 e. The zero-order valence-electron chi connectivity index (χ0n) is 13.3. The first-order valence-electron chi connectivity index (χ1n) is 7.40. The number of rotatable bonds is 8. The molecule has 0 heterocycles. The summed E-state index contributed by atoms with van der Waals surface area (Å²) in [6.45, 7) is 2.76. The molecule has 2 aromatic carbocycles. The summed E-state index contributed by atoms with van der Waals surface area (Å²) >= 11 is 0. The number of sulfonamides is 1. The Morgan fingerprint density at radius 2 is 1.57 bits per heavy atom. The molecule has 0 aliphatic heterocycles. The van der Waals surface area contributed by atoms with Gasteiger partial charge in [-0.2, -0.15) is 0 Å². The van der Waals surface area contributed by atoms with E-state index in [1.54, 1.807) is 31.4 Å². The van der Waals surface area contributed by atoms with Crippen LogP contribution < -0.4 is 14.2 Å². The second kappa shape index (κ2) is 7.99. The molecule has 124 valence electrons. The normalized spacial score (nSPS) is 11.2. The monoisotopic (exact) mass is 335 g/mol. The Labute approximate surface area is 137 Å². The van der Waals surface area contributed by atoms with Crippen LogP contribution >= 0.6 is 0 Å². The lowest BCUT2D eigenvalue weighted by molar-refractivity contribution is 0.340. The molecule has 0 fully saturated rings. The van der Waals surface area contributed by atoms with Gasteiger partial charge in [-0.3, -0.25) is 0 Å². The van der Waals surface area contributed by atoms with Crippen LogP contribution in [0.1, 0.15) is 12.5 Å². The molecule has 0 spiro atoms. The van der Waals surface area contributed by atoms with E-state index in [4.69, 9.17) is 9.47 Å². The summed E-state index contributed by atoms with van der Waals surface area (Å²) in [7, 11) is -1.89. The summed E-state index contributed by atoms with van der Waals surface area (Å²) in [4.78, 5) is 0.232. The Morgan fingerprint density at radius 1 is 0.957 bits per heavy atom. The first-order chi connectivity index (χ1) is 11.0. The molecule has 1 N–H and O–H groups in total. The topological polar surface area (TPSA) is 64.6 Å². The highest BCUT2D eigenvalue weighted by Gasteiger charge is 2.13. The van der Waals surface area contributed by atoms with Crippen LogP contribution in [-0.4, -0.2) is 28.7 Å². The Hall–Kier alpha value is -2.05. The van der Waals surface area contributed by atoms with Crippen LogP contribution in [0.2, 0.25) is 0 Å². The standard InChI is InChI=1S/C17H21NO4S/c1-3-22-16-8-10-17(11-9-16)23(19,20)18-13-12-14-4-6-15(21-2)7-5-14/h4-11,18H,3,12-13H2,1-2H3. The molecule has 0 unspecified atom stereocenters. The fraction of sp³-hybridized carbons (Fsp3) is 0.294. The molecule has 0 aromatic heterocycles. The van der Waals surface area contributed by atoms with Crippen molar-refractivity contribution in [1.29, 1.82) is 0 Å². The molecule has 0 aliphatic carbocycles. The molecule has 0 saturated heterocycles. The van der Waals surface area contributed by atoms with Gasteiger partial charge in [-0.25, -0.2) is 13.1 Å². The zero-order chi connectivity index (χ0) is 16.7. The molecule has 2 rings (SSSR count). The lowest BCUT2D eigenvalue weighted by Crippen LogP contribution is -2.25. The number of benzene rings is 2. The predicted molar refractivity (Wildman–Crippen MR) is 89.5 cm³/mol. The minimum absolute atomic E-state index is 0.232. The van der Waals surface area contributed by atoms with Crippen molar-refractivity contribution in [1.82, 2.24) is 4.72 Å². The number of ether oxygens (including phenoxy) is 2. The van der Waals surface area contributed by atoms with Gasteiger partial charge in [-0.1, -0.05) is 12.1 Å². The van der Waals surface area contributed by atoms with E-state index in [1.807, 2.05) is 31.2 Å². The third kappa shape index (κ3) is 4.97. The SMILES string of the molecule is CCOc1ccc(S(=O)(=O)NCCc2ccc(OC)cc2)cc1. The van der Waals surface area contributed by atoms with Gasteiger partial charge in [0.2, 0.25) is 10.0 Å². The minimum Gasteiger partial charge on any atom is -0.497 e. The van der Waals surface area contributed by atoms with Crippen molar-refractivity contribution in [2.24, 2.45) is 0 Å². The molecule has 0 radical (unpaired) electrons. The van der Waals surface area contributed by atoms with Gasteiger partial charge in [0, 0.05) is 6.54 Å². The molecule has 23 heavy (non-hydrogen) atoms. The van der Waals surface area contributed by atoms with E-state index in [2.05, 4.69) is 4.72 Å². The molecule has 5 nitrogen and oxygen atoms in total. The van der Waals surface area contributed by atoms with Crippen molar-refractivity contribution >= 4 is 10.0 Å². The van der Waals surface area contributed by atoms with Crippen molar-refractivity contribution in [3.8, 4) is 11.5 Å². The average molecular weight is 335 g/mol. The molecular formula is C17H21NO4S. The van der Waals surface area contributed by atoms with Crippen molar-refractivity contribution in [3.05, 3.63) is 54.1 Å². The van der Waals surface area contributed by atoms with Crippen molar-refractivity contribution in [2.75, 3.05) is 20.3 Å². The molecule has 6 heteroatoms. The summed E-state index contributed by atoms with van der Waals surface area (Å²) in [6, 6.07) is 13.9. The molecule has 0 atom stereocenters. The maximum absolute atomic E-state index is 12.2. The lowest BCUT2D eigenvalue weighted by Gasteiger charge is -2.08. The van der Waals surface area contributed by atoms with Gasteiger partial charge >= 0.3 is 0 Å². The maximum Gasteiger partial charge on any atom is 0.240 e. The minimum atomic E-state index is -3.51. The molecule has 0 bridgehead atoms. The van der Waals surface area contributed by atoms with Crippen LogP contribution in [0.4, 0.5) is 0 Å². The lowest BCUT2D eigenvalue weighted by atomic mass is 10.1. The van der Waals surface area contributed by atoms with Gasteiger partial charge in [-0.15, -0.1) is 0 Å². The smallest absolute Gasteiger partial charge is 0.240 e. The predicted octanol–water partition coefficient (Wildman–Crippen LogP) is 2.61. The number of methoxy groups -OCH3 is 1. The van der Waals surface area contributed by atoms with E-state index in [1.165, 1.54) is 0 Å². The fourth-order valence-electron chi connectivity index (χ4n) is 2.09. The second-order valence-corrected chi connectivity index (χ2v) is 6.67. The van der Waals surface area contributed by atoms with E-state index >= 15 is 0 Å². The molecule has 2 aromatic rings. The van der Waals surface area contributed by atoms with Gasteiger partial charge in [0.15, 0.2) is 0 Å². The van der Waals surface area contributed by atoms with Crippen LogP contribution in [-0.2, 0) is 16.4 Å². The highest BCUT2D eigenvalue weighted by atomic mass is 32.2. The van der Waals surface area contributed by atoms with Crippen LogP contribution in [0.15, 0.2) is 53.4 Å². The summed E-state index contributed by atoms with van der Waals surface area (Å²) in [5.74, 6) is 1.44. The summed E-state index contributed by atoms with van der Waals surface area (Å²) in [5, 5.41) is 0. The van der Waals surface area contributed by atoms with E-state index in [0.717, 1.165) is 11.3 Å². The van der Waals surface area contributed by atoms with Crippen molar-refractivity contribution in [2.45, 2.75) is 18.2 Å². The van der Waals surface area contributed by atoms with Gasteiger partial charge < -0.3 is 9.47 Å². The van der Waals surface area contributed by atoms with Gasteiger partial charge in [0.05, 0.1) is 18.6 Å². The highest BCUT2D eigenvalue weighted by Crippen LogP contribution is 2.16. The van der Waals surface area contributed by atoms with E-state index < -0.39 is 10.0 Å². The Balaban J connectivity index is 1.92. The first kappa shape index (κ1) is 17.3.